The summed E-state index contributed by atoms with van der Waals surface area (Å²) < 4.78 is 1.84. The van der Waals surface area contributed by atoms with Gasteiger partial charge in [0, 0.05) is 24.5 Å². The van der Waals surface area contributed by atoms with Gasteiger partial charge in [0.25, 0.3) is 0 Å². The van der Waals surface area contributed by atoms with Gasteiger partial charge in [-0.3, -0.25) is 10.9 Å². The highest BCUT2D eigenvalue weighted by Gasteiger charge is 2.22. The molecule has 2 aromatic rings. The van der Waals surface area contributed by atoms with Crippen LogP contribution in [0.4, 0.5) is 5.82 Å². The van der Waals surface area contributed by atoms with E-state index in [1.165, 1.54) is 6.42 Å². The molecule has 7 nitrogen and oxygen atoms in total. The lowest BCUT2D eigenvalue weighted by molar-refractivity contribution is 0.452. The van der Waals surface area contributed by atoms with Gasteiger partial charge in [0.1, 0.15) is 5.82 Å². The van der Waals surface area contributed by atoms with Gasteiger partial charge in [0.05, 0.1) is 0 Å². The molecule has 2 aromatic heterocycles. The quantitative estimate of drug-likeness (QED) is 0.729. The first kappa shape index (κ1) is 16.1. The smallest absolute Gasteiger partial charge is 0.178 e. The Balaban J connectivity index is 1.60. The molecule has 0 aliphatic carbocycles. The summed E-state index contributed by atoms with van der Waals surface area (Å²) in [5.74, 6) is 2.46. The fraction of sp³-hybridized carbons (Fsp3) is 0.688. The molecule has 7 heteroatoms. The van der Waals surface area contributed by atoms with Crippen molar-refractivity contribution in [1.82, 2.24) is 30.7 Å². The van der Waals surface area contributed by atoms with E-state index in [4.69, 9.17) is 0 Å². The second kappa shape index (κ2) is 6.41. The fourth-order valence-electron chi connectivity index (χ4n) is 2.93. The van der Waals surface area contributed by atoms with Gasteiger partial charge in [0.15, 0.2) is 11.5 Å². The van der Waals surface area contributed by atoms with Crippen molar-refractivity contribution < 1.29 is 0 Å². The topological polar surface area (TPSA) is 79.2 Å². The highest BCUT2D eigenvalue weighted by Crippen LogP contribution is 2.21. The Morgan fingerprint density at radius 1 is 1.30 bits per heavy atom. The molecule has 0 spiro atoms. The number of fused-ring (bicyclic) bond motifs is 1. The molecular formula is C16H27N7. The van der Waals surface area contributed by atoms with Gasteiger partial charge in [-0.05, 0) is 37.8 Å². The Morgan fingerprint density at radius 3 is 2.83 bits per heavy atom. The van der Waals surface area contributed by atoms with Crippen molar-refractivity contribution in [2.75, 3.05) is 18.4 Å². The molecule has 0 radical (unpaired) electrons. The molecule has 1 fully saturated rings. The van der Waals surface area contributed by atoms with E-state index >= 15 is 0 Å². The van der Waals surface area contributed by atoms with Crippen LogP contribution in [0.3, 0.4) is 0 Å². The fourth-order valence-corrected chi connectivity index (χ4v) is 2.93. The van der Waals surface area contributed by atoms with Crippen LogP contribution in [0.25, 0.3) is 5.65 Å². The number of rotatable bonds is 5. The summed E-state index contributed by atoms with van der Waals surface area (Å²) in [4.78, 5) is 0. The lowest BCUT2D eigenvalue weighted by atomic mass is 9.96. The van der Waals surface area contributed by atoms with Crippen LogP contribution in [-0.4, -0.2) is 38.9 Å². The van der Waals surface area contributed by atoms with Crippen LogP contribution < -0.4 is 16.2 Å². The zero-order valence-corrected chi connectivity index (χ0v) is 14.4. The van der Waals surface area contributed by atoms with Gasteiger partial charge in [-0.15, -0.1) is 15.3 Å². The third-order valence-electron chi connectivity index (χ3n) is 4.39. The van der Waals surface area contributed by atoms with Crippen LogP contribution >= 0.6 is 0 Å². The van der Waals surface area contributed by atoms with E-state index in [9.17, 15) is 0 Å². The number of hydrogen-bond acceptors (Lipinski definition) is 6. The van der Waals surface area contributed by atoms with Crippen molar-refractivity contribution in [2.24, 2.45) is 5.92 Å². The average Bonchev–Trinajstić information content (AvgIpc) is 3.09. The summed E-state index contributed by atoms with van der Waals surface area (Å²) in [6, 6.07) is 4.48. The predicted molar refractivity (Wildman–Crippen MR) is 91.3 cm³/mol. The van der Waals surface area contributed by atoms with E-state index in [-0.39, 0.29) is 5.41 Å². The summed E-state index contributed by atoms with van der Waals surface area (Å²) in [6.45, 7) is 10.6. The lowest BCUT2D eigenvalue weighted by Crippen LogP contribution is -2.28. The molecule has 0 saturated carbocycles. The first-order valence-electron chi connectivity index (χ1n) is 8.40. The van der Waals surface area contributed by atoms with Crippen molar-refractivity contribution >= 4 is 11.5 Å². The summed E-state index contributed by atoms with van der Waals surface area (Å²) in [5.41, 5.74) is 7.19. The lowest BCUT2D eigenvalue weighted by Gasteiger charge is -2.15. The van der Waals surface area contributed by atoms with E-state index in [1.807, 2.05) is 16.6 Å². The normalized spacial score (nSPS) is 21.9. The van der Waals surface area contributed by atoms with Gasteiger partial charge in [-0.25, -0.2) is 0 Å². The monoisotopic (exact) mass is 317 g/mol. The van der Waals surface area contributed by atoms with Crippen LogP contribution in [0.5, 0.6) is 0 Å². The van der Waals surface area contributed by atoms with Crippen LogP contribution in [-0.2, 0) is 5.41 Å². The number of nitrogens with zero attached hydrogens (tertiary/aromatic N) is 4. The number of anilines is 1. The van der Waals surface area contributed by atoms with E-state index in [0.717, 1.165) is 36.8 Å². The maximum Gasteiger partial charge on any atom is 0.178 e. The number of nitrogens with one attached hydrogen (secondary N) is 3. The van der Waals surface area contributed by atoms with Gasteiger partial charge >= 0.3 is 0 Å². The largest absolute Gasteiger partial charge is 0.369 e. The Kier molecular flexibility index (Phi) is 4.50. The number of hydrogen-bond donors (Lipinski definition) is 3. The summed E-state index contributed by atoms with van der Waals surface area (Å²) >= 11 is 0. The molecule has 126 valence electrons. The minimum absolute atomic E-state index is 0.0797. The van der Waals surface area contributed by atoms with Gasteiger partial charge in [-0.1, -0.05) is 20.8 Å². The summed E-state index contributed by atoms with van der Waals surface area (Å²) in [7, 11) is 0. The third kappa shape index (κ3) is 3.61. The zero-order valence-electron chi connectivity index (χ0n) is 14.4. The van der Waals surface area contributed by atoms with E-state index in [2.05, 4.69) is 59.2 Å². The first-order valence-corrected chi connectivity index (χ1v) is 8.40. The molecule has 1 saturated heterocycles. The standard InChI is InChI=1S/C16H27N7/c1-11-12(10-18-19-11)6-5-9-17-13-7-8-14-20-21-15(16(2,3)4)23(14)22-13/h7-8,11-12,18-19H,5-6,9-10H2,1-4H3,(H,17,22). The van der Waals surface area contributed by atoms with Crippen molar-refractivity contribution in [3.63, 3.8) is 0 Å². The Bertz CT molecular complexity index is 658. The predicted octanol–water partition coefficient (Wildman–Crippen LogP) is 1.73. The molecule has 3 heterocycles. The molecule has 0 aromatic carbocycles. The van der Waals surface area contributed by atoms with Crippen molar-refractivity contribution in [3.05, 3.63) is 18.0 Å². The molecule has 3 N–H and O–H groups in total. The van der Waals surface area contributed by atoms with E-state index < -0.39 is 0 Å². The van der Waals surface area contributed by atoms with Crippen LogP contribution in [0, 0.1) is 5.92 Å². The molecule has 1 aliphatic rings. The van der Waals surface area contributed by atoms with Gasteiger partial charge in [0.2, 0.25) is 0 Å². The SMILES string of the molecule is CC1NNCC1CCCNc1ccc2nnc(C(C)(C)C)n2n1. The van der Waals surface area contributed by atoms with Gasteiger partial charge < -0.3 is 5.32 Å². The highest BCUT2D eigenvalue weighted by molar-refractivity contribution is 5.44. The van der Waals surface area contributed by atoms with Crippen LogP contribution in [0.15, 0.2) is 12.1 Å². The van der Waals surface area contributed by atoms with Crippen molar-refractivity contribution in [3.8, 4) is 0 Å². The molecule has 1 aliphatic heterocycles. The minimum atomic E-state index is -0.0797. The molecule has 0 amide bonds. The Hall–Kier alpha value is -1.73. The second-order valence-corrected chi connectivity index (χ2v) is 7.41. The number of hydrazine groups is 1. The molecule has 2 unspecified atom stereocenters. The summed E-state index contributed by atoms with van der Waals surface area (Å²) in [5, 5.41) is 16.5. The molecule has 3 rings (SSSR count). The zero-order chi connectivity index (χ0) is 16.4. The highest BCUT2D eigenvalue weighted by atomic mass is 15.4. The average molecular weight is 317 g/mol. The molecule has 23 heavy (non-hydrogen) atoms. The molecule has 0 bridgehead atoms. The minimum Gasteiger partial charge on any atom is -0.369 e. The molecule has 2 atom stereocenters. The molecular weight excluding hydrogens is 290 g/mol. The van der Waals surface area contributed by atoms with E-state index in [1.54, 1.807) is 0 Å². The number of aromatic nitrogens is 4. The Morgan fingerprint density at radius 2 is 2.13 bits per heavy atom. The first-order chi connectivity index (χ1) is 10.9. The van der Waals surface area contributed by atoms with Crippen molar-refractivity contribution in [2.45, 2.75) is 52.0 Å². The second-order valence-electron chi connectivity index (χ2n) is 7.41. The van der Waals surface area contributed by atoms with Crippen LogP contribution in [0.2, 0.25) is 0 Å². The van der Waals surface area contributed by atoms with E-state index in [0.29, 0.717) is 12.0 Å². The Labute approximate surface area is 137 Å². The third-order valence-corrected chi connectivity index (χ3v) is 4.39. The maximum atomic E-state index is 4.64. The van der Waals surface area contributed by atoms with Crippen LogP contribution in [0.1, 0.15) is 46.4 Å². The maximum absolute atomic E-state index is 4.64. The van der Waals surface area contributed by atoms with Crippen molar-refractivity contribution in [1.29, 1.82) is 0 Å². The van der Waals surface area contributed by atoms with Gasteiger partial charge in [-0.2, -0.15) is 4.52 Å². The summed E-state index contributed by atoms with van der Waals surface area (Å²) in [6.07, 6.45) is 2.34.